The number of hydrogen-bond donors (Lipinski definition) is 0. The first kappa shape index (κ1) is 23.6. The summed E-state index contributed by atoms with van der Waals surface area (Å²) >= 11 is 0. The van der Waals surface area contributed by atoms with Crippen molar-refractivity contribution in [3.8, 4) is 0 Å². The van der Waals surface area contributed by atoms with E-state index in [2.05, 4.69) is 0 Å². The van der Waals surface area contributed by atoms with Crippen LogP contribution in [0.5, 0.6) is 0 Å². The molecule has 0 unspecified atom stereocenters. The van der Waals surface area contributed by atoms with Crippen molar-refractivity contribution in [1.29, 1.82) is 0 Å². The fourth-order valence-corrected chi connectivity index (χ4v) is 4.84. The van der Waals surface area contributed by atoms with E-state index >= 15 is 0 Å². The molecule has 1 aromatic rings. The highest BCUT2D eigenvalue weighted by Crippen LogP contribution is 2.48. The van der Waals surface area contributed by atoms with Crippen LogP contribution in [0.15, 0.2) is 30.3 Å². The number of benzene rings is 1. The molecule has 172 valence electrons. The quantitative estimate of drug-likeness (QED) is 0.611. The lowest BCUT2D eigenvalue weighted by atomic mass is 9.75. The average molecular weight is 441 g/mol. The van der Waals surface area contributed by atoms with E-state index in [9.17, 15) is 22.8 Å². The minimum Gasteiger partial charge on any atom is -0.460 e. The van der Waals surface area contributed by atoms with Crippen LogP contribution in [0.25, 0.3) is 0 Å². The highest BCUT2D eigenvalue weighted by Gasteiger charge is 2.54. The van der Waals surface area contributed by atoms with E-state index in [1.54, 1.807) is 0 Å². The lowest BCUT2D eigenvalue weighted by molar-refractivity contribution is -0.192. The van der Waals surface area contributed by atoms with E-state index in [4.69, 9.17) is 9.47 Å². The lowest BCUT2D eigenvalue weighted by Gasteiger charge is -2.40. The molecule has 2 fully saturated rings. The number of alkyl halides is 3. The number of hydrogen-bond acceptors (Lipinski definition) is 4. The van der Waals surface area contributed by atoms with Gasteiger partial charge in [0.2, 0.25) is 0 Å². The molecule has 1 heterocycles. The summed E-state index contributed by atoms with van der Waals surface area (Å²) in [5.74, 6) is -2.35. The summed E-state index contributed by atoms with van der Waals surface area (Å²) < 4.78 is 51.1. The van der Waals surface area contributed by atoms with Crippen LogP contribution < -0.4 is 0 Å². The van der Waals surface area contributed by atoms with E-state index in [0.717, 1.165) is 10.5 Å². The minimum absolute atomic E-state index is 0.115. The van der Waals surface area contributed by atoms with Crippen LogP contribution in [0.1, 0.15) is 51.5 Å². The zero-order valence-corrected chi connectivity index (χ0v) is 18.0. The van der Waals surface area contributed by atoms with Crippen molar-refractivity contribution in [3.05, 3.63) is 35.9 Å². The molecular formula is C23H30F3NO4. The molecule has 0 bridgehead atoms. The third kappa shape index (κ3) is 5.22. The Morgan fingerprint density at radius 3 is 2.35 bits per heavy atom. The van der Waals surface area contributed by atoms with E-state index in [1.165, 1.54) is 0 Å². The third-order valence-electron chi connectivity index (χ3n) is 6.70. The van der Waals surface area contributed by atoms with Gasteiger partial charge in [-0.05, 0) is 43.6 Å². The van der Waals surface area contributed by atoms with Gasteiger partial charge < -0.3 is 14.4 Å². The van der Waals surface area contributed by atoms with Gasteiger partial charge in [-0.2, -0.15) is 13.2 Å². The van der Waals surface area contributed by atoms with Gasteiger partial charge in [0.05, 0.1) is 5.41 Å². The van der Waals surface area contributed by atoms with Gasteiger partial charge in [-0.25, -0.2) is 0 Å². The molecule has 8 heteroatoms. The monoisotopic (exact) mass is 441 g/mol. The van der Waals surface area contributed by atoms with Crippen molar-refractivity contribution in [2.24, 2.45) is 11.3 Å². The number of rotatable bonds is 6. The first-order chi connectivity index (χ1) is 14.6. The smallest absolute Gasteiger partial charge is 0.460 e. The number of nitrogens with zero attached hydrogens (tertiary/aromatic N) is 1. The van der Waals surface area contributed by atoms with Crippen LogP contribution in [0.3, 0.4) is 0 Å². The maximum Gasteiger partial charge on any atom is 0.471 e. The summed E-state index contributed by atoms with van der Waals surface area (Å²) in [4.78, 5) is 26.5. The second-order valence-corrected chi connectivity index (χ2v) is 8.82. The second kappa shape index (κ2) is 9.59. The normalized spacial score (nSPS) is 24.9. The molecule has 1 saturated carbocycles. The Labute approximate surface area is 180 Å². The molecule has 0 aromatic heterocycles. The molecule has 0 N–H and O–H groups in total. The molecule has 0 spiro atoms. The van der Waals surface area contributed by atoms with Crippen LogP contribution in [0.2, 0.25) is 0 Å². The molecule has 1 saturated heterocycles. The maximum atomic E-state index is 13.4. The van der Waals surface area contributed by atoms with E-state index in [1.807, 2.05) is 44.2 Å². The summed E-state index contributed by atoms with van der Waals surface area (Å²) in [7, 11) is 0. The third-order valence-corrected chi connectivity index (χ3v) is 6.70. The first-order valence-corrected chi connectivity index (χ1v) is 10.8. The van der Waals surface area contributed by atoms with Crippen molar-refractivity contribution < 1.29 is 32.2 Å². The highest BCUT2D eigenvalue weighted by molar-refractivity contribution is 5.83. The molecular weight excluding hydrogens is 411 g/mol. The Morgan fingerprint density at radius 2 is 1.77 bits per heavy atom. The predicted molar refractivity (Wildman–Crippen MR) is 108 cm³/mol. The number of halogens is 3. The Morgan fingerprint density at radius 1 is 1.13 bits per heavy atom. The number of carbonyl (C=O) groups excluding carboxylic acids is 2. The van der Waals surface area contributed by atoms with Gasteiger partial charge in [0.1, 0.15) is 6.61 Å². The summed E-state index contributed by atoms with van der Waals surface area (Å²) in [5, 5.41) is 0. The van der Waals surface area contributed by atoms with Gasteiger partial charge in [-0.15, -0.1) is 0 Å². The number of ether oxygens (including phenoxy) is 2. The van der Waals surface area contributed by atoms with Crippen LogP contribution in [-0.4, -0.2) is 48.3 Å². The topological polar surface area (TPSA) is 55.8 Å². The lowest BCUT2D eigenvalue weighted by Crippen LogP contribution is -2.53. The maximum absolute atomic E-state index is 13.4. The molecule has 31 heavy (non-hydrogen) atoms. The van der Waals surface area contributed by atoms with E-state index in [0.29, 0.717) is 38.9 Å². The van der Waals surface area contributed by atoms with Crippen LogP contribution in [0, 0.1) is 11.3 Å². The highest BCUT2D eigenvalue weighted by atomic mass is 19.4. The zero-order chi connectivity index (χ0) is 22.6. The van der Waals surface area contributed by atoms with Crippen LogP contribution >= 0.6 is 0 Å². The summed E-state index contributed by atoms with van der Waals surface area (Å²) in [5.41, 5.74) is -0.0604. The van der Waals surface area contributed by atoms with Crippen LogP contribution in [0.4, 0.5) is 13.2 Å². The first-order valence-electron chi connectivity index (χ1n) is 10.8. The predicted octanol–water partition coefficient (Wildman–Crippen LogP) is 4.49. The zero-order valence-electron chi connectivity index (χ0n) is 18.0. The minimum atomic E-state index is -4.95. The van der Waals surface area contributed by atoms with Crippen molar-refractivity contribution in [2.75, 3.05) is 13.2 Å². The molecule has 1 aliphatic heterocycles. The number of esters is 1. The van der Waals surface area contributed by atoms with Gasteiger partial charge in [-0.3, -0.25) is 9.59 Å². The number of amides is 1. The van der Waals surface area contributed by atoms with Crippen molar-refractivity contribution >= 4 is 11.9 Å². The second-order valence-electron chi connectivity index (χ2n) is 8.82. The largest absolute Gasteiger partial charge is 0.471 e. The molecule has 2 aliphatic rings. The molecule has 2 atom stereocenters. The Kier molecular flexibility index (Phi) is 7.29. The molecule has 5 nitrogen and oxygen atoms in total. The van der Waals surface area contributed by atoms with Crippen molar-refractivity contribution in [2.45, 2.75) is 70.8 Å². The van der Waals surface area contributed by atoms with Gasteiger partial charge in [0, 0.05) is 25.3 Å². The summed E-state index contributed by atoms with van der Waals surface area (Å²) in [6, 6.07) is 8.08. The van der Waals surface area contributed by atoms with Gasteiger partial charge in [0.25, 0.3) is 0 Å². The van der Waals surface area contributed by atoms with Gasteiger partial charge in [0.15, 0.2) is 0 Å². The summed E-state index contributed by atoms with van der Waals surface area (Å²) in [6.07, 6.45) is -3.30. The molecule has 1 aromatic carbocycles. The Balaban J connectivity index is 1.78. The van der Waals surface area contributed by atoms with Crippen LogP contribution in [-0.2, 0) is 25.7 Å². The molecule has 3 rings (SSSR count). The molecule has 1 aliphatic carbocycles. The fraction of sp³-hybridized carbons (Fsp3) is 0.652. The van der Waals surface area contributed by atoms with Gasteiger partial charge in [-0.1, -0.05) is 44.2 Å². The van der Waals surface area contributed by atoms with E-state index in [-0.39, 0.29) is 18.9 Å². The van der Waals surface area contributed by atoms with E-state index < -0.39 is 35.6 Å². The van der Waals surface area contributed by atoms with Crippen molar-refractivity contribution in [1.82, 2.24) is 4.90 Å². The molecule has 1 amide bonds. The fourth-order valence-electron chi connectivity index (χ4n) is 4.84. The molecule has 0 radical (unpaired) electrons. The van der Waals surface area contributed by atoms with Crippen molar-refractivity contribution in [3.63, 3.8) is 0 Å². The standard InChI is InChI=1S/C23H30F3NO4/c1-16(2)22(21(29)31-15-17-6-4-3-5-7-17)11-8-19(14-22)27(20(28)23(24,25)26)18-9-12-30-13-10-18/h3-7,16,18-19H,8-15H2,1-2H3/t19-,22+/m1/s1. The average Bonchev–Trinajstić information content (AvgIpc) is 3.19. The Bertz CT molecular complexity index is 762. The summed E-state index contributed by atoms with van der Waals surface area (Å²) in [6.45, 7) is 4.54. The SMILES string of the molecule is CC(C)[C@]1(C(=O)OCc2ccccc2)CC[C@@H](N(C(=O)C(F)(F)F)C2CCOCC2)C1. The number of carbonyl (C=O) groups is 2. The van der Waals surface area contributed by atoms with Gasteiger partial charge >= 0.3 is 18.1 Å². The Hall–Kier alpha value is -2.09.